The van der Waals surface area contributed by atoms with Crippen LogP contribution in [0.15, 0.2) is 36.4 Å². The molecule has 83 valence electrons. The van der Waals surface area contributed by atoms with Gasteiger partial charge < -0.3 is 0 Å². The van der Waals surface area contributed by atoms with E-state index in [0.29, 0.717) is 0 Å². The average molecular weight is 217 g/mol. The fourth-order valence-electron chi connectivity index (χ4n) is 1.85. The van der Waals surface area contributed by atoms with Crippen LogP contribution in [-0.4, -0.2) is 6.61 Å². The van der Waals surface area contributed by atoms with Gasteiger partial charge in [-0.2, -0.15) is 0 Å². The van der Waals surface area contributed by atoms with E-state index in [1.54, 1.807) is 6.07 Å². The predicted molar refractivity (Wildman–Crippen MR) is 62.4 cm³/mol. The van der Waals surface area contributed by atoms with Crippen molar-refractivity contribution in [2.75, 3.05) is 6.61 Å². The molecule has 0 saturated carbocycles. The van der Waals surface area contributed by atoms with Gasteiger partial charge in [-0.15, -0.1) is 0 Å². The minimum Gasteiger partial charge on any atom is -0.237 e. The normalized spacial score (nSPS) is 10.9. The maximum atomic E-state index is 13.0. The van der Waals surface area contributed by atoms with Crippen LogP contribution in [0.3, 0.4) is 0 Å². The van der Waals surface area contributed by atoms with Crippen molar-refractivity contribution < 1.29 is 9.50 Å². The molecule has 0 aromatic heterocycles. The number of aryl methyl sites for hydroxylation is 1. The van der Waals surface area contributed by atoms with Crippen molar-refractivity contribution in [2.45, 2.75) is 19.3 Å². The molecule has 2 heteroatoms. The number of rotatable bonds is 4. The summed E-state index contributed by atoms with van der Waals surface area (Å²) in [6.45, 7) is -0.00120. The molecule has 0 bridgehead atoms. The maximum Gasteiger partial charge on any atom is 0.123 e. The summed E-state index contributed by atoms with van der Waals surface area (Å²) in [6, 6.07) is 10.8. The van der Waals surface area contributed by atoms with Gasteiger partial charge in [0.1, 0.15) is 5.82 Å². The molecular weight excluding hydrogens is 203 g/mol. The first-order valence-corrected chi connectivity index (χ1v) is 5.56. The molecule has 2 aromatic carbocycles. The van der Waals surface area contributed by atoms with Crippen LogP contribution in [-0.2, 0) is 11.5 Å². The van der Waals surface area contributed by atoms with Gasteiger partial charge in [0.25, 0.3) is 0 Å². The van der Waals surface area contributed by atoms with Crippen molar-refractivity contribution in [1.29, 1.82) is 0 Å². The van der Waals surface area contributed by atoms with Crippen molar-refractivity contribution in [3.8, 4) is 0 Å². The van der Waals surface area contributed by atoms with Gasteiger partial charge in [-0.05, 0) is 47.7 Å². The predicted octanol–water partition coefficient (Wildman–Crippen LogP) is 3.73. The summed E-state index contributed by atoms with van der Waals surface area (Å²) in [4.78, 5) is 0. The van der Waals surface area contributed by atoms with Crippen LogP contribution in [0.5, 0.6) is 0 Å². The van der Waals surface area contributed by atoms with Crippen molar-refractivity contribution in [1.82, 2.24) is 0 Å². The number of halogens is 1. The summed E-state index contributed by atoms with van der Waals surface area (Å²) in [6.07, 6.45) is 2.58. The first-order valence-electron chi connectivity index (χ1n) is 5.56. The standard InChI is InChI=1S/C14H14FO/c15-14-7-6-12-9-11(3-1-2-8-16)4-5-13(12)10-14/h4-7,9-10H,1-3,8H2. The molecule has 0 atom stereocenters. The lowest BCUT2D eigenvalue weighted by atomic mass is 10.0. The second-order valence-electron chi connectivity index (χ2n) is 3.99. The van der Waals surface area contributed by atoms with Crippen LogP contribution in [0, 0.1) is 5.82 Å². The van der Waals surface area contributed by atoms with Crippen LogP contribution < -0.4 is 0 Å². The molecule has 0 amide bonds. The minimum absolute atomic E-state index is 0.00120. The highest BCUT2D eigenvalue weighted by Gasteiger charge is 1.98. The molecule has 0 aliphatic rings. The van der Waals surface area contributed by atoms with E-state index in [2.05, 4.69) is 6.07 Å². The van der Waals surface area contributed by atoms with Crippen molar-refractivity contribution in [3.63, 3.8) is 0 Å². The van der Waals surface area contributed by atoms with Crippen molar-refractivity contribution >= 4 is 10.8 Å². The van der Waals surface area contributed by atoms with Gasteiger partial charge in [0.05, 0.1) is 6.61 Å². The SMILES string of the molecule is [O]CCCCc1ccc2cc(F)ccc2c1. The van der Waals surface area contributed by atoms with E-state index >= 15 is 0 Å². The highest BCUT2D eigenvalue weighted by Crippen LogP contribution is 2.18. The van der Waals surface area contributed by atoms with Crippen molar-refractivity contribution in [2.24, 2.45) is 0 Å². The van der Waals surface area contributed by atoms with Gasteiger partial charge in [-0.1, -0.05) is 24.3 Å². The Hall–Kier alpha value is -1.41. The zero-order valence-electron chi connectivity index (χ0n) is 9.08. The van der Waals surface area contributed by atoms with Crippen LogP contribution in [0.1, 0.15) is 18.4 Å². The molecule has 16 heavy (non-hydrogen) atoms. The van der Waals surface area contributed by atoms with Gasteiger partial charge in [0, 0.05) is 0 Å². The summed E-state index contributed by atoms with van der Waals surface area (Å²) in [7, 11) is 0. The van der Waals surface area contributed by atoms with Crippen LogP contribution in [0.4, 0.5) is 4.39 Å². The lowest BCUT2D eigenvalue weighted by Gasteiger charge is -2.03. The van der Waals surface area contributed by atoms with Crippen LogP contribution >= 0.6 is 0 Å². The summed E-state index contributed by atoms with van der Waals surface area (Å²) in [5.74, 6) is -0.202. The summed E-state index contributed by atoms with van der Waals surface area (Å²) < 4.78 is 13.0. The van der Waals surface area contributed by atoms with Gasteiger partial charge in [-0.3, -0.25) is 0 Å². The van der Waals surface area contributed by atoms with E-state index < -0.39 is 0 Å². The van der Waals surface area contributed by atoms with E-state index in [1.165, 1.54) is 17.7 Å². The summed E-state index contributed by atoms with van der Waals surface area (Å²) in [5, 5.41) is 12.3. The molecule has 1 nitrogen and oxygen atoms in total. The molecule has 0 spiro atoms. The van der Waals surface area contributed by atoms with E-state index in [9.17, 15) is 9.50 Å². The molecule has 0 saturated heterocycles. The van der Waals surface area contributed by atoms with Gasteiger partial charge >= 0.3 is 0 Å². The summed E-state index contributed by atoms with van der Waals surface area (Å²) >= 11 is 0. The molecule has 0 unspecified atom stereocenters. The third-order valence-electron chi connectivity index (χ3n) is 2.73. The molecule has 0 heterocycles. The minimum atomic E-state index is -0.202. The van der Waals surface area contributed by atoms with Gasteiger partial charge in [0.2, 0.25) is 0 Å². The highest BCUT2D eigenvalue weighted by molar-refractivity contribution is 5.83. The molecule has 0 fully saturated rings. The molecule has 1 radical (unpaired) electrons. The molecule has 0 aliphatic carbocycles. The molecule has 2 rings (SSSR count). The van der Waals surface area contributed by atoms with Crippen LogP contribution in [0.2, 0.25) is 0 Å². The number of hydrogen-bond donors (Lipinski definition) is 0. The lowest BCUT2D eigenvalue weighted by molar-refractivity contribution is 0.187. The second kappa shape index (κ2) is 5.08. The zero-order valence-corrected chi connectivity index (χ0v) is 9.08. The first-order chi connectivity index (χ1) is 7.79. The Labute approximate surface area is 94.5 Å². The molecule has 0 aliphatic heterocycles. The Balaban J connectivity index is 2.20. The number of fused-ring (bicyclic) bond motifs is 1. The lowest BCUT2D eigenvalue weighted by Crippen LogP contribution is -1.88. The quantitative estimate of drug-likeness (QED) is 0.695. The largest absolute Gasteiger partial charge is 0.237 e. The van der Waals surface area contributed by atoms with Crippen LogP contribution in [0.25, 0.3) is 10.8 Å². The Morgan fingerprint density at radius 1 is 0.938 bits per heavy atom. The topological polar surface area (TPSA) is 19.9 Å². The Morgan fingerprint density at radius 2 is 1.69 bits per heavy atom. The molecule has 0 N–H and O–H groups in total. The average Bonchev–Trinajstić information content (AvgIpc) is 2.29. The zero-order chi connectivity index (χ0) is 11.4. The molecule has 2 aromatic rings. The smallest absolute Gasteiger partial charge is 0.123 e. The Kier molecular flexibility index (Phi) is 3.52. The monoisotopic (exact) mass is 217 g/mol. The third kappa shape index (κ3) is 2.58. The Morgan fingerprint density at radius 3 is 2.50 bits per heavy atom. The second-order valence-corrected chi connectivity index (χ2v) is 3.99. The fraction of sp³-hybridized carbons (Fsp3) is 0.286. The number of unbranched alkanes of at least 4 members (excludes halogenated alkanes) is 1. The maximum absolute atomic E-state index is 13.0. The van der Waals surface area contributed by atoms with E-state index in [-0.39, 0.29) is 12.4 Å². The molecular formula is C14H14FO. The fourth-order valence-corrected chi connectivity index (χ4v) is 1.85. The summed E-state index contributed by atoms with van der Waals surface area (Å²) in [5.41, 5.74) is 1.22. The van der Waals surface area contributed by atoms with Gasteiger partial charge in [0.15, 0.2) is 0 Å². The van der Waals surface area contributed by atoms with E-state index in [4.69, 9.17) is 0 Å². The first kappa shape index (κ1) is 11.1. The Bertz CT molecular complexity index is 479. The number of hydrogen-bond acceptors (Lipinski definition) is 0. The third-order valence-corrected chi connectivity index (χ3v) is 2.73. The highest BCUT2D eigenvalue weighted by atomic mass is 19.1. The van der Waals surface area contributed by atoms with Crippen molar-refractivity contribution in [3.05, 3.63) is 47.8 Å². The van der Waals surface area contributed by atoms with E-state index in [0.717, 1.165) is 30.0 Å². The number of benzene rings is 2. The van der Waals surface area contributed by atoms with E-state index in [1.807, 2.05) is 12.1 Å². The van der Waals surface area contributed by atoms with Gasteiger partial charge in [-0.25, -0.2) is 9.50 Å².